The summed E-state index contributed by atoms with van der Waals surface area (Å²) in [5.41, 5.74) is 2.54. The highest BCUT2D eigenvalue weighted by molar-refractivity contribution is 6.05. The number of rotatable bonds is 6. The number of hydrogen-bond acceptors (Lipinski definition) is 5. The largest absolute Gasteiger partial charge is 0.497 e. The topological polar surface area (TPSA) is 69.2 Å². The molecule has 0 bridgehead atoms. The van der Waals surface area contributed by atoms with Crippen LogP contribution in [0.4, 0.5) is 0 Å². The number of carbonyl (C=O) groups excluding carboxylic acids is 1. The smallest absolute Gasteiger partial charge is 0.264 e. The maximum Gasteiger partial charge on any atom is 0.264 e. The van der Waals surface area contributed by atoms with Crippen LogP contribution in [0.2, 0.25) is 0 Å². The third-order valence-electron chi connectivity index (χ3n) is 4.35. The Morgan fingerprint density at radius 2 is 1.88 bits per heavy atom. The SMILES string of the molecule is COc1ccc(C(C)NC(=O)C2CC(c3ccccc3OC)=NO2)cc1. The number of methoxy groups -OCH3 is 2. The lowest BCUT2D eigenvalue weighted by atomic mass is 10.0. The van der Waals surface area contributed by atoms with E-state index in [-0.39, 0.29) is 11.9 Å². The van der Waals surface area contributed by atoms with Crippen LogP contribution in [0.25, 0.3) is 0 Å². The van der Waals surface area contributed by atoms with Gasteiger partial charge in [-0.05, 0) is 36.8 Å². The van der Waals surface area contributed by atoms with Gasteiger partial charge in [0.1, 0.15) is 11.5 Å². The molecule has 6 nitrogen and oxygen atoms in total. The van der Waals surface area contributed by atoms with Gasteiger partial charge in [-0.2, -0.15) is 0 Å². The highest BCUT2D eigenvalue weighted by Gasteiger charge is 2.30. The minimum absolute atomic E-state index is 0.146. The van der Waals surface area contributed by atoms with E-state index in [0.717, 1.165) is 16.9 Å². The number of nitrogens with one attached hydrogen (secondary N) is 1. The van der Waals surface area contributed by atoms with E-state index in [1.807, 2.05) is 55.5 Å². The number of hydrogen-bond donors (Lipinski definition) is 1. The second-order valence-corrected chi connectivity index (χ2v) is 6.04. The number of benzene rings is 2. The van der Waals surface area contributed by atoms with Gasteiger partial charge in [-0.15, -0.1) is 0 Å². The monoisotopic (exact) mass is 354 g/mol. The molecular formula is C20H22N2O4. The fraction of sp³-hybridized carbons (Fsp3) is 0.300. The third-order valence-corrected chi connectivity index (χ3v) is 4.35. The van der Waals surface area contributed by atoms with Crippen LogP contribution in [-0.2, 0) is 9.63 Å². The molecule has 1 amide bonds. The van der Waals surface area contributed by atoms with Crippen LogP contribution in [0.15, 0.2) is 53.7 Å². The molecule has 1 N–H and O–H groups in total. The van der Waals surface area contributed by atoms with Gasteiger partial charge in [-0.25, -0.2) is 0 Å². The molecule has 2 unspecified atom stereocenters. The maximum atomic E-state index is 12.5. The van der Waals surface area contributed by atoms with Gasteiger partial charge in [-0.3, -0.25) is 4.79 Å². The van der Waals surface area contributed by atoms with Gasteiger partial charge in [0.05, 0.1) is 26.0 Å². The molecule has 2 aromatic carbocycles. The zero-order chi connectivity index (χ0) is 18.5. The van der Waals surface area contributed by atoms with Crippen molar-refractivity contribution in [3.8, 4) is 11.5 Å². The van der Waals surface area contributed by atoms with Crippen LogP contribution in [0.5, 0.6) is 11.5 Å². The first-order chi connectivity index (χ1) is 12.6. The average Bonchev–Trinajstić information content (AvgIpc) is 3.18. The Balaban J connectivity index is 1.61. The normalized spacial score (nSPS) is 17.0. The van der Waals surface area contributed by atoms with Crippen molar-refractivity contribution >= 4 is 11.6 Å². The van der Waals surface area contributed by atoms with Gasteiger partial charge in [0, 0.05) is 12.0 Å². The highest BCUT2D eigenvalue weighted by atomic mass is 16.6. The molecule has 0 saturated carbocycles. The number of nitrogens with zero attached hydrogens (tertiary/aromatic N) is 1. The quantitative estimate of drug-likeness (QED) is 0.866. The van der Waals surface area contributed by atoms with Crippen molar-refractivity contribution in [1.29, 1.82) is 0 Å². The first-order valence-electron chi connectivity index (χ1n) is 8.42. The zero-order valence-electron chi connectivity index (χ0n) is 15.1. The van der Waals surface area contributed by atoms with Crippen LogP contribution in [-0.4, -0.2) is 31.9 Å². The lowest BCUT2D eigenvalue weighted by Gasteiger charge is -2.17. The summed E-state index contributed by atoms with van der Waals surface area (Å²) in [6.07, 6.45) is -0.239. The standard InChI is InChI=1S/C20H22N2O4/c1-13(14-8-10-15(24-2)11-9-14)21-20(23)19-12-17(22-26-19)16-6-4-5-7-18(16)25-3/h4-11,13,19H,12H2,1-3H3,(H,21,23). The first-order valence-corrected chi connectivity index (χ1v) is 8.42. The average molecular weight is 354 g/mol. The summed E-state index contributed by atoms with van der Waals surface area (Å²) in [7, 11) is 3.23. The van der Waals surface area contributed by atoms with Crippen molar-refractivity contribution in [2.24, 2.45) is 5.16 Å². The number of ether oxygens (including phenoxy) is 2. The summed E-state index contributed by atoms with van der Waals surface area (Å²) in [5.74, 6) is 1.30. The predicted molar refractivity (Wildman–Crippen MR) is 98.6 cm³/mol. The van der Waals surface area contributed by atoms with E-state index >= 15 is 0 Å². The fourth-order valence-electron chi connectivity index (χ4n) is 2.84. The molecule has 6 heteroatoms. The lowest BCUT2D eigenvalue weighted by Crippen LogP contribution is -2.36. The Morgan fingerprint density at radius 3 is 2.58 bits per heavy atom. The summed E-state index contributed by atoms with van der Waals surface area (Å²) in [5, 5.41) is 7.05. The van der Waals surface area contributed by atoms with Crippen molar-refractivity contribution in [1.82, 2.24) is 5.32 Å². The van der Waals surface area contributed by atoms with Crippen molar-refractivity contribution in [3.05, 3.63) is 59.7 Å². The Kier molecular flexibility index (Phi) is 5.41. The second-order valence-electron chi connectivity index (χ2n) is 6.04. The van der Waals surface area contributed by atoms with Gasteiger partial charge >= 0.3 is 0 Å². The molecule has 136 valence electrons. The van der Waals surface area contributed by atoms with Crippen molar-refractivity contribution in [2.75, 3.05) is 14.2 Å². The van der Waals surface area contributed by atoms with Crippen LogP contribution in [0.3, 0.4) is 0 Å². The Hall–Kier alpha value is -3.02. The molecule has 0 saturated heterocycles. The van der Waals surface area contributed by atoms with Gasteiger partial charge in [-0.1, -0.05) is 29.4 Å². The van der Waals surface area contributed by atoms with Gasteiger partial charge in [0.2, 0.25) is 6.10 Å². The number of amides is 1. The molecule has 1 aliphatic rings. The number of para-hydroxylation sites is 1. The third kappa shape index (κ3) is 3.79. The summed E-state index contributed by atoms with van der Waals surface area (Å²) in [4.78, 5) is 17.9. The molecule has 2 aromatic rings. The fourth-order valence-corrected chi connectivity index (χ4v) is 2.84. The molecule has 1 aliphatic heterocycles. The van der Waals surface area contributed by atoms with Crippen LogP contribution >= 0.6 is 0 Å². The molecular weight excluding hydrogens is 332 g/mol. The van der Waals surface area contributed by atoms with E-state index in [1.165, 1.54) is 0 Å². The van der Waals surface area contributed by atoms with Crippen molar-refractivity contribution in [2.45, 2.75) is 25.5 Å². The van der Waals surface area contributed by atoms with Gasteiger partial charge < -0.3 is 19.6 Å². The molecule has 0 spiro atoms. The molecule has 0 aliphatic carbocycles. The minimum atomic E-state index is -0.643. The molecule has 26 heavy (non-hydrogen) atoms. The summed E-state index contributed by atoms with van der Waals surface area (Å²) in [6, 6.07) is 15.0. The second kappa shape index (κ2) is 7.91. The van der Waals surface area contributed by atoms with E-state index in [9.17, 15) is 4.79 Å². The Labute approximate surface area is 152 Å². The molecule has 0 aromatic heterocycles. The number of oxime groups is 1. The van der Waals surface area contributed by atoms with Crippen molar-refractivity contribution in [3.63, 3.8) is 0 Å². The summed E-state index contributed by atoms with van der Waals surface area (Å²) < 4.78 is 10.5. The van der Waals surface area contributed by atoms with Gasteiger partial charge in [0.25, 0.3) is 5.91 Å². The molecule has 1 heterocycles. The van der Waals surface area contributed by atoms with E-state index in [1.54, 1.807) is 14.2 Å². The van der Waals surface area contributed by atoms with E-state index in [4.69, 9.17) is 14.3 Å². The highest BCUT2D eigenvalue weighted by Crippen LogP contribution is 2.25. The van der Waals surface area contributed by atoms with Crippen LogP contribution < -0.4 is 14.8 Å². The van der Waals surface area contributed by atoms with Crippen molar-refractivity contribution < 1.29 is 19.1 Å². The first kappa shape index (κ1) is 17.8. The lowest BCUT2D eigenvalue weighted by molar-refractivity contribution is -0.131. The Bertz CT molecular complexity index is 802. The molecule has 0 radical (unpaired) electrons. The summed E-state index contributed by atoms with van der Waals surface area (Å²) >= 11 is 0. The summed E-state index contributed by atoms with van der Waals surface area (Å²) in [6.45, 7) is 1.93. The minimum Gasteiger partial charge on any atom is -0.497 e. The Morgan fingerprint density at radius 1 is 1.15 bits per heavy atom. The van der Waals surface area contributed by atoms with E-state index < -0.39 is 6.10 Å². The molecule has 0 fully saturated rings. The van der Waals surface area contributed by atoms with E-state index in [2.05, 4.69) is 10.5 Å². The molecule has 3 rings (SSSR count). The number of carbonyl (C=O) groups is 1. The zero-order valence-corrected chi connectivity index (χ0v) is 15.1. The van der Waals surface area contributed by atoms with Gasteiger partial charge in [0.15, 0.2) is 0 Å². The van der Waals surface area contributed by atoms with E-state index in [0.29, 0.717) is 17.9 Å². The maximum absolute atomic E-state index is 12.5. The molecule has 2 atom stereocenters. The van der Waals surface area contributed by atoms with Crippen LogP contribution in [0, 0.1) is 0 Å². The predicted octanol–water partition coefficient (Wildman–Crippen LogP) is 3.07. The van der Waals surface area contributed by atoms with Crippen LogP contribution in [0.1, 0.15) is 30.5 Å².